The van der Waals surface area contributed by atoms with Gasteiger partial charge >= 0.3 is 0 Å². The molecule has 3 rings (SSSR count). The summed E-state index contributed by atoms with van der Waals surface area (Å²) in [7, 11) is 1.66. The number of hydrogen-bond acceptors (Lipinski definition) is 4. The largest absolute Gasteiger partial charge is 0.384 e. The minimum Gasteiger partial charge on any atom is -0.384 e. The molecule has 28 heavy (non-hydrogen) atoms. The fraction of sp³-hybridized carbons (Fsp3) is 0.600. The SMILES string of the molecule is COCC1(C(=O)N2CCN(C(=O)Cc3ccc(Cl)cc3)CC2)CCNCC1.Cl. The second-order valence-electron chi connectivity index (χ2n) is 7.44. The van der Waals surface area contributed by atoms with Crippen LogP contribution < -0.4 is 5.32 Å². The molecule has 8 heteroatoms. The predicted octanol–water partition coefficient (Wildman–Crippen LogP) is 1.99. The van der Waals surface area contributed by atoms with Gasteiger partial charge in [-0.3, -0.25) is 9.59 Å². The molecule has 0 spiro atoms. The third kappa shape index (κ3) is 5.38. The average Bonchev–Trinajstić information content (AvgIpc) is 2.70. The number of methoxy groups -OCH3 is 1. The highest BCUT2D eigenvalue weighted by molar-refractivity contribution is 6.30. The van der Waals surface area contributed by atoms with Gasteiger partial charge in [-0.05, 0) is 43.6 Å². The first kappa shape index (κ1) is 22.9. The zero-order chi connectivity index (χ0) is 19.3. The molecule has 2 saturated heterocycles. The molecular formula is C20H29Cl2N3O3. The van der Waals surface area contributed by atoms with Gasteiger partial charge in [0.2, 0.25) is 11.8 Å². The first-order valence-corrected chi connectivity index (χ1v) is 9.93. The number of piperazine rings is 1. The lowest BCUT2D eigenvalue weighted by molar-refractivity contribution is -0.151. The van der Waals surface area contributed by atoms with Gasteiger partial charge in [-0.1, -0.05) is 23.7 Å². The first-order chi connectivity index (χ1) is 13.0. The van der Waals surface area contributed by atoms with Crippen LogP contribution in [0.3, 0.4) is 0 Å². The number of amides is 2. The normalized spacial score (nSPS) is 19.1. The molecule has 1 aromatic carbocycles. The molecule has 2 fully saturated rings. The molecule has 0 bridgehead atoms. The van der Waals surface area contributed by atoms with Gasteiger partial charge in [-0.2, -0.15) is 0 Å². The molecule has 0 radical (unpaired) electrons. The Morgan fingerprint density at radius 1 is 1.07 bits per heavy atom. The molecule has 2 aliphatic rings. The lowest BCUT2D eigenvalue weighted by atomic mass is 9.78. The summed E-state index contributed by atoms with van der Waals surface area (Å²) < 4.78 is 5.38. The number of hydrogen-bond donors (Lipinski definition) is 1. The summed E-state index contributed by atoms with van der Waals surface area (Å²) in [6.45, 7) is 4.49. The number of carbonyl (C=O) groups is 2. The summed E-state index contributed by atoms with van der Waals surface area (Å²) in [5.41, 5.74) is 0.534. The number of rotatable bonds is 5. The zero-order valence-corrected chi connectivity index (χ0v) is 17.9. The fourth-order valence-electron chi connectivity index (χ4n) is 3.98. The predicted molar refractivity (Wildman–Crippen MR) is 112 cm³/mol. The average molecular weight is 430 g/mol. The highest BCUT2D eigenvalue weighted by Gasteiger charge is 2.43. The summed E-state index contributed by atoms with van der Waals surface area (Å²) in [6.07, 6.45) is 1.97. The highest BCUT2D eigenvalue weighted by Crippen LogP contribution is 2.32. The molecule has 6 nitrogen and oxygen atoms in total. The van der Waals surface area contributed by atoms with Crippen molar-refractivity contribution >= 4 is 35.8 Å². The molecule has 1 N–H and O–H groups in total. The number of nitrogens with zero attached hydrogens (tertiary/aromatic N) is 2. The first-order valence-electron chi connectivity index (χ1n) is 9.55. The van der Waals surface area contributed by atoms with Crippen LogP contribution in [-0.4, -0.2) is 74.6 Å². The molecule has 0 aliphatic carbocycles. The van der Waals surface area contributed by atoms with Crippen molar-refractivity contribution in [1.82, 2.24) is 15.1 Å². The van der Waals surface area contributed by atoms with E-state index in [9.17, 15) is 9.59 Å². The highest BCUT2D eigenvalue weighted by atomic mass is 35.5. The van der Waals surface area contributed by atoms with Crippen LogP contribution in [0.1, 0.15) is 18.4 Å². The van der Waals surface area contributed by atoms with E-state index in [4.69, 9.17) is 16.3 Å². The Labute approximate surface area is 177 Å². The summed E-state index contributed by atoms with van der Waals surface area (Å²) in [4.78, 5) is 29.5. The Hall–Kier alpha value is -1.34. The maximum absolute atomic E-state index is 13.2. The molecule has 0 saturated carbocycles. The van der Waals surface area contributed by atoms with Crippen molar-refractivity contribution in [2.45, 2.75) is 19.3 Å². The lowest BCUT2D eigenvalue weighted by Crippen LogP contribution is -2.57. The zero-order valence-electron chi connectivity index (χ0n) is 16.3. The minimum absolute atomic E-state index is 0. The van der Waals surface area contributed by atoms with E-state index < -0.39 is 5.41 Å². The van der Waals surface area contributed by atoms with Crippen molar-refractivity contribution in [3.05, 3.63) is 34.9 Å². The van der Waals surface area contributed by atoms with Crippen molar-refractivity contribution in [3.63, 3.8) is 0 Å². The topological polar surface area (TPSA) is 61.9 Å². The summed E-state index contributed by atoms with van der Waals surface area (Å²) in [6, 6.07) is 7.36. The van der Waals surface area contributed by atoms with Crippen LogP contribution in [0, 0.1) is 5.41 Å². The Balaban J connectivity index is 0.00000280. The Morgan fingerprint density at radius 3 is 2.21 bits per heavy atom. The van der Waals surface area contributed by atoms with E-state index in [1.165, 1.54) is 0 Å². The van der Waals surface area contributed by atoms with E-state index in [-0.39, 0.29) is 24.2 Å². The van der Waals surface area contributed by atoms with E-state index in [0.717, 1.165) is 31.5 Å². The summed E-state index contributed by atoms with van der Waals surface area (Å²) >= 11 is 5.89. The van der Waals surface area contributed by atoms with Crippen molar-refractivity contribution in [2.75, 3.05) is 53.0 Å². The number of halogens is 2. The van der Waals surface area contributed by atoms with Crippen molar-refractivity contribution in [1.29, 1.82) is 0 Å². The van der Waals surface area contributed by atoms with E-state index in [1.807, 2.05) is 21.9 Å². The van der Waals surface area contributed by atoms with Crippen molar-refractivity contribution in [3.8, 4) is 0 Å². The van der Waals surface area contributed by atoms with Crippen LogP contribution in [0.2, 0.25) is 5.02 Å². The second kappa shape index (κ2) is 10.4. The smallest absolute Gasteiger partial charge is 0.231 e. The van der Waals surface area contributed by atoms with Crippen molar-refractivity contribution in [2.24, 2.45) is 5.41 Å². The molecule has 2 aliphatic heterocycles. The van der Waals surface area contributed by atoms with Gasteiger partial charge in [0.15, 0.2) is 0 Å². The monoisotopic (exact) mass is 429 g/mol. The van der Waals surface area contributed by atoms with Crippen LogP contribution in [0.5, 0.6) is 0 Å². The van der Waals surface area contributed by atoms with Gasteiger partial charge in [0.05, 0.1) is 18.4 Å². The van der Waals surface area contributed by atoms with Crippen LogP contribution in [0.25, 0.3) is 0 Å². The standard InChI is InChI=1S/C20H28ClN3O3.ClH/c1-27-15-20(6-8-22-9-7-20)19(26)24-12-10-23(11-13-24)18(25)14-16-2-4-17(21)5-3-16;/h2-5,22H,6-15H2,1H3;1H. The van der Waals surface area contributed by atoms with Gasteiger partial charge in [0.25, 0.3) is 0 Å². The number of carbonyl (C=O) groups excluding carboxylic acids is 2. The third-order valence-corrected chi connectivity index (χ3v) is 5.88. The number of benzene rings is 1. The van der Waals surface area contributed by atoms with E-state index in [0.29, 0.717) is 44.2 Å². The maximum Gasteiger partial charge on any atom is 0.231 e. The molecule has 0 atom stereocenters. The molecule has 156 valence electrons. The van der Waals surface area contributed by atoms with Gasteiger partial charge in [-0.15, -0.1) is 12.4 Å². The van der Waals surface area contributed by atoms with Crippen LogP contribution in [0.4, 0.5) is 0 Å². The quantitative estimate of drug-likeness (QED) is 0.777. The second-order valence-corrected chi connectivity index (χ2v) is 7.88. The number of ether oxygens (including phenoxy) is 1. The Kier molecular flexibility index (Phi) is 8.56. The number of piperidine rings is 1. The maximum atomic E-state index is 13.2. The molecule has 2 amide bonds. The fourth-order valence-corrected chi connectivity index (χ4v) is 4.11. The number of nitrogens with one attached hydrogen (secondary N) is 1. The molecule has 0 aromatic heterocycles. The minimum atomic E-state index is -0.421. The van der Waals surface area contributed by atoms with Crippen LogP contribution in [-0.2, 0) is 20.7 Å². The van der Waals surface area contributed by atoms with Crippen molar-refractivity contribution < 1.29 is 14.3 Å². The molecule has 0 unspecified atom stereocenters. The van der Waals surface area contributed by atoms with Gasteiger partial charge < -0.3 is 19.9 Å². The van der Waals surface area contributed by atoms with Gasteiger partial charge in [0, 0.05) is 38.3 Å². The summed E-state index contributed by atoms with van der Waals surface area (Å²) in [5.74, 6) is 0.272. The molecular weight excluding hydrogens is 401 g/mol. The van der Waals surface area contributed by atoms with E-state index >= 15 is 0 Å². The van der Waals surface area contributed by atoms with Crippen LogP contribution >= 0.6 is 24.0 Å². The van der Waals surface area contributed by atoms with Gasteiger partial charge in [-0.25, -0.2) is 0 Å². The third-order valence-electron chi connectivity index (χ3n) is 5.62. The molecule has 2 heterocycles. The van der Waals surface area contributed by atoms with Crippen LogP contribution in [0.15, 0.2) is 24.3 Å². The van der Waals surface area contributed by atoms with Gasteiger partial charge in [0.1, 0.15) is 0 Å². The van der Waals surface area contributed by atoms with E-state index in [2.05, 4.69) is 5.32 Å². The Morgan fingerprint density at radius 2 is 1.64 bits per heavy atom. The lowest BCUT2D eigenvalue weighted by Gasteiger charge is -2.42. The molecule has 1 aromatic rings. The van der Waals surface area contributed by atoms with E-state index in [1.54, 1.807) is 19.2 Å². The summed E-state index contributed by atoms with van der Waals surface area (Å²) in [5, 5.41) is 3.98. The Bertz CT molecular complexity index is 650.